The summed E-state index contributed by atoms with van der Waals surface area (Å²) >= 11 is 5.91. The van der Waals surface area contributed by atoms with Crippen molar-refractivity contribution in [3.63, 3.8) is 0 Å². The Morgan fingerprint density at radius 3 is 2.62 bits per heavy atom. The summed E-state index contributed by atoms with van der Waals surface area (Å²) in [5, 5.41) is 28.0. The molecule has 5 heteroatoms. The van der Waals surface area contributed by atoms with Gasteiger partial charge in [-0.1, -0.05) is 17.7 Å². The Morgan fingerprint density at radius 2 is 2.00 bits per heavy atom. The standard InChI is InChI=1S/C16H12ClN3O/c1-16-7-6-12(21)8-14(16)13(9-18)15(19)20(16)11-4-2-10(17)3-5-11/h2-8,19,21H,1H3. The largest absolute Gasteiger partial charge is 0.508 e. The fourth-order valence-corrected chi connectivity index (χ4v) is 2.90. The van der Waals surface area contributed by atoms with Crippen molar-refractivity contribution in [1.82, 2.24) is 0 Å². The lowest BCUT2D eigenvalue weighted by Crippen LogP contribution is -2.45. The first-order valence-corrected chi connectivity index (χ1v) is 6.74. The monoisotopic (exact) mass is 297 g/mol. The highest BCUT2D eigenvalue weighted by Crippen LogP contribution is 2.43. The Morgan fingerprint density at radius 1 is 1.33 bits per heavy atom. The number of benzene rings is 1. The second kappa shape index (κ2) is 4.51. The highest BCUT2D eigenvalue weighted by atomic mass is 35.5. The van der Waals surface area contributed by atoms with Crippen LogP contribution in [0.3, 0.4) is 0 Å². The van der Waals surface area contributed by atoms with Crippen LogP contribution in [-0.2, 0) is 0 Å². The highest BCUT2D eigenvalue weighted by Gasteiger charge is 2.46. The minimum absolute atomic E-state index is 0.0842. The summed E-state index contributed by atoms with van der Waals surface area (Å²) in [6.45, 7) is 1.91. The average molecular weight is 298 g/mol. The molecule has 0 amide bonds. The van der Waals surface area contributed by atoms with Crippen LogP contribution in [0.15, 0.2) is 59.4 Å². The first kappa shape index (κ1) is 13.5. The van der Waals surface area contributed by atoms with Gasteiger partial charge in [0.2, 0.25) is 0 Å². The number of aliphatic hydroxyl groups is 1. The number of anilines is 1. The second-order valence-corrected chi connectivity index (χ2v) is 5.55. The van der Waals surface area contributed by atoms with E-state index in [0.29, 0.717) is 10.6 Å². The van der Waals surface area contributed by atoms with Crippen molar-refractivity contribution < 1.29 is 5.11 Å². The number of nitrogens with zero attached hydrogens (tertiary/aromatic N) is 2. The summed E-state index contributed by atoms with van der Waals surface area (Å²) in [6.07, 6.45) is 4.92. The van der Waals surface area contributed by atoms with Gasteiger partial charge in [-0.25, -0.2) is 0 Å². The van der Waals surface area contributed by atoms with Gasteiger partial charge in [0, 0.05) is 16.3 Å². The molecule has 0 aromatic heterocycles. The molecule has 0 saturated carbocycles. The van der Waals surface area contributed by atoms with Crippen molar-refractivity contribution >= 4 is 23.1 Å². The number of amidine groups is 1. The summed E-state index contributed by atoms with van der Waals surface area (Å²) in [5.41, 5.74) is 1.00. The molecule has 1 atom stereocenters. The van der Waals surface area contributed by atoms with E-state index in [1.807, 2.05) is 19.1 Å². The fraction of sp³-hybridized carbons (Fsp3) is 0.125. The number of rotatable bonds is 1. The van der Waals surface area contributed by atoms with Crippen LogP contribution in [0, 0.1) is 16.7 Å². The maximum absolute atomic E-state index is 9.69. The molecular formula is C16H12ClN3O. The molecule has 1 aliphatic heterocycles. The number of fused-ring (bicyclic) bond motifs is 1. The number of allylic oxidation sites excluding steroid dienone is 1. The van der Waals surface area contributed by atoms with Crippen LogP contribution in [0.1, 0.15) is 6.92 Å². The van der Waals surface area contributed by atoms with E-state index in [1.165, 1.54) is 0 Å². The van der Waals surface area contributed by atoms with Crippen molar-refractivity contribution in [3.8, 4) is 6.07 Å². The zero-order chi connectivity index (χ0) is 15.2. The maximum Gasteiger partial charge on any atom is 0.144 e. The predicted molar refractivity (Wildman–Crippen MR) is 82.6 cm³/mol. The summed E-state index contributed by atoms with van der Waals surface area (Å²) in [5.74, 6) is 0.203. The Labute approximate surface area is 127 Å². The molecule has 0 saturated heterocycles. The van der Waals surface area contributed by atoms with Crippen LogP contribution >= 0.6 is 11.6 Å². The van der Waals surface area contributed by atoms with E-state index >= 15 is 0 Å². The Kier molecular flexibility index (Phi) is 2.89. The minimum Gasteiger partial charge on any atom is -0.508 e. The van der Waals surface area contributed by atoms with Crippen LogP contribution in [0.4, 0.5) is 5.69 Å². The highest BCUT2D eigenvalue weighted by molar-refractivity contribution is 6.30. The Bertz CT molecular complexity index is 768. The molecule has 1 heterocycles. The number of halogens is 1. The number of aliphatic hydroxyl groups excluding tert-OH is 1. The molecule has 104 valence electrons. The molecule has 1 aromatic carbocycles. The molecule has 0 radical (unpaired) electrons. The number of hydrogen-bond acceptors (Lipinski definition) is 3. The molecule has 2 aliphatic rings. The van der Waals surface area contributed by atoms with Crippen LogP contribution in [0.2, 0.25) is 5.02 Å². The van der Waals surface area contributed by atoms with Gasteiger partial charge in [0.25, 0.3) is 0 Å². The molecule has 3 rings (SSSR count). The first-order chi connectivity index (χ1) is 9.97. The van der Waals surface area contributed by atoms with Gasteiger partial charge in [-0.05, 0) is 43.3 Å². The molecule has 0 spiro atoms. The summed E-state index contributed by atoms with van der Waals surface area (Å²) in [6, 6.07) is 9.19. The van der Waals surface area contributed by atoms with Gasteiger partial charge in [-0.3, -0.25) is 5.41 Å². The molecule has 0 fully saturated rings. The third-order valence-corrected chi connectivity index (χ3v) is 4.06. The Hall–Kier alpha value is -2.51. The number of nitriles is 1. The van der Waals surface area contributed by atoms with E-state index in [0.717, 1.165) is 5.69 Å². The van der Waals surface area contributed by atoms with E-state index < -0.39 is 5.54 Å². The average Bonchev–Trinajstić information content (AvgIpc) is 2.67. The van der Waals surface area contributed by atoms with Gasteiger partial charge in [0.05, 0.1) is 5.54 Å². The van der Waals surface area contributed by atoms with Gasteiger partial charge < -0.3 is 10.0 Å². The minimum atomic E-state index is -0.664. The van der Waals surface area contributed by atoms with Gasteiger partial charge in [0.15, 0.2) is 0 Å². The topological polar surface area (TPSA) is 71.1 Å². The van der Waals surface area contributed by atoms with Crippen LogP contribution in [0.5, 0.6) is 0 Å². The van der Waals surface area contributed by atoms with Crippen LogP contribution < -0.4 is 4.90 Å². The smallest absolute Gasteiger partial charge is 0.144 e. The normalized spacial score (nSPS) is 24.0. The molecule has 1 aromatic rings. The third-order valence-electron chi connectivity index (χ3n) is 3.81. The van der Waals surface area contributed by atoms with Gasteiger partial charge in [0.1, 0.15) is 23.2 Å². The van der Waals surface area contributed by atoms with Crippen molar-refractivity contribution in [2.45, 2.75) is 12.5 Å². The molecule has 2 N–H and O–H groups in total. The Balaban J connectivity index is 2.18. The van der Waals surface area contributed by atoms with E-state index in [-0.39, 0.29) is 17.2 Å². The van der Waals surface area contributed by atoms with E-state index in [2.05, 4.69) is 6.07 Å². The SMILES string of the molecule is CC12C=CC(O)=CC1=C(C#N)C(=N)N2c1ccc(Cl)cc1. The third kappa shape index (κ3) is 1.86. The quantitative estimate of drug-likeness (QED) is 0.829. The fourth-order valence-electron chi connectivity index (χ4n) is 2.77. The van der Waals surface area contributed by atoms with Crippen LogP contribution in [0.25, 0.3) is 0 Å². The van der Waals surface area contributed by atoms with Gasteiger partial charge >= 0.3 is 0 Å². The van der Waals surface area contributed by atoms with E-state index in [1.54, 1.807) is 35.3 Å². The molecule has 21 heavy (non-hydrogen) atoms. The van der Waals surface area contributed by atoms with Crippen molar-refractivity contribution in [3.05, 3.63) is 64.4 Å². The van der Waals surface area contributed by atoms with Crippen LogP contribution in [-0.4, -0.2) is 16.5 Å². The molecular weight excluding hydrogens is 286 g/mol. The summed E-state index contributed by atoms with van der Waals surface area (Å²) in [4.78, 5) is 1.76. The zero-order valence-corrected chi connectivity index (χ0v) is 12.0. The summed E-state index contributed by atoms with van der Waals surface area (Å²) in [7, 11) is 0. The number of nitrogens with one attached hydrogen (secondary N) is 1. The predicted octanol–water partition coefficient (Wildman–Crippen LogP) is 3.73. The molecule has 4 nitrogen and oxygen atoms in total. The zero-order valence-electron chi connectivity index (χ0n) is 11.3. The second-order valence-electron chi connectivity index (χ2n) is 5.11. The van der Waals surface area contributed by atoms with E-state index in [9.17, 15) is 10.4 Å². The lowest BCUT2D eigenvalue weighted by Gasteiger charge is -2.37. The van der Waals surface area contributed by atoms with Gasteiger partial charge in [-0.15, -0.1) is 0 Å². The molecule has 0 bridgehead atoms. The lowest BCUT2D eigenvalue weighted by molar-refractivity contribution is 0.427. The lowest BCUT2D eigenvalue weighted by atomic mass is 9.86. The molecule has 1 aliphatic carbocycles. The number of hydrogen-bond donors (Lipinski definition) is 2. The van der Waals surface area contributed by atoms with Crippen molar-refractivity contribution in [2.24, 2.45) is 0 Å². The van der Waals surface area contributed by atoms with E-state index in [4.69, 9.17) is 17.0 Å². The molecule has 1 unspecified atom stereocenters. The van der Waals surface area contributed by atoms with Crippen molar-refractivity contribution in [1.29, 1.82) is 10.7 Å². The van der Waals surface area contributed by atoms with Crippen molar-refractivity contribution in [2.75, 3.05) is 4.90 Å². The first-order valence-electron chi connectivity index (χ1n) is 6.37. The van der Waals surface area contributed by atoms with Gasteiger partial charge in [-0.2, -0.15) is 5.26 Å². The maximum atomic E-state index is 9.69. The summed E-state index contributed by atoms with van der Waals surface area (Å²) < 4.78 is 0.